The maximum Gasteiger partial charge on any atom is 0.256 e. The zero-order valence-electron chi connectivity index (χ0n) is 9.45. The molecule has 1 amide bonds. The average Bonchev–Trinajstić information content (AvgIpc) is 2.36. The molecule has 0 fully saturated rings. The molecule has 0 aliphatic carbocycles. The van der Waals surface area contributed by atoms with Crippen LogP contribution in [0.4, 0.5) is 10.1 Å². The van der Waals surface area contributed by atoms with E-state index in [0.29, 0.717) is 10.0 Å². The number of amides is 1. The molecule has 2 N–H and O–H groups in total. The van der Waals surface area contributed by atoms with Crippen LogP contribution in [0.25, 0.3) is 0 Å². The highest BCUT2D eigenvalue weighted by atomic mass is 79.9. The normalized spacial score (nSPS) is 10.3. The fraction of sp³-hybridized carbons (Fsp3) is 0. The number of aromatic hydroxyl groups is 1. The van der Waals surface area contributed by atoms with Crippen molar-refractivity contribution >= 4 is 39.1 Å². The lowest BCUT2D eigenvalue weighted by Gasteiger charge is -2.09. The first kappa shape index (κ1) is 13.8. The van der Waals surface area contributed by atoms with Crippen molar-refractivity contribution in [2.45, 2.75) is 0 Å². The van der Waals surface area contributed by atoms with Gasteiger partial charge in [0.1, 0.15) is 5.75 Å². The lowest BCUT2D eigenvalue weighted by Crippen LogP contribution is -2.13. The average molecular weight is 345 g/mol. The van der Waals surface area contributed by atoms with E-state index in [1.54, 1.807) is 24.3 Å². The zero-order chi connectivity index (χ0) is 14.0. The summed E-state index contributed by atoms with van der Waals surface area (Å²) in [4.78, 5) is 12.0. The molecule has 0 radical (unpaired) electrons. The number of benzene rings is 2. The van der Waals surface area contributed by atoms with Crippen LogP contribution in [0, 0.1) is 5.82 Å². The van der Waals surface area contributed by atoms with Crippen LogP contribution in [0.1, 0.15) is 10.4 Å². The maximum absolute atomic E-state index is 13.6. The molecule has 0 spiro atoms. The van der Waals surface area contributed by atoms with E-state index < -0.39 is 11.7 Å². The van der Waals surface area contributed by atoms with Crippen molar-refractivity contribution in [2.24, 2.45) is 0 Å². The van der Waals surface area contributed by atoms with Gasteiger partial charge >= 0.3 is 0 Å². The molecule has 0 aromatic heterocycles. The number of hydrogen-bond acceptors (Lipinski definition) is 2. The zero-order valence-corrected chi connectivity index (χ0v) is 11.8. The summed E-state index contributed by atoms with van der Waals surface area (Å²) in [5.41, 5.74) is 0.273. The number of anilines is 1. The monoisotopic (exact) mass is 343 g/mol. The molecule has 19 heavy (non-hydrogen) atoms. The fourth-order valence-electron chi connectivity index (χ4n) is 1.47. The summed E-state index contributed by atoms with van der Waals surface area (Å²) in [6, 6.07) is 8.76. The van der Waals surface area contributed by atoms with Gasteiger partial charge in [-0.1, -0.05) is 23.7 Å². The third-order valence-electron chi connectivity index (χ3n) is 2.40. The molecular formula is C13H8BrClFNO2. The van der Waals surface area contributed by atoms with Gasteiger partial charge in [0.25, 0.3) is 5.91 Å². The third-order valence-corrected chi connectivity index (χ3v) is 3.40. The molecule has 6 heteroatoms. The van der Waals surface area contributed by atoms with Gasteiger partial charge in [0.2, 0.25) is 0 Å². The SMILES string of the molecule is O=C(Nc1cc(Cl)c(O)cc1F)c1ccccc1Br. The number of phenols is 1. The summed E-state index contributed by atoms with van der Waals surface area (Å²) in [5.74, 6) is -1.62. The highest BCUT2D eigenvalue weighted by Gasteiger charge is 2.13. The van der Waals surface area contributed by atoms with Gasteiger partial charge in [0.05, 0.1) is 16.3 Å². The van der Waals surface area contributed by atoms with Crippen molar-refractivity contribution < 1.29 is 14.3 Å². The van der Waals surface area contributed by atoms with E-state index in [1.165, 1.54) is 0 Å². The number of rotatable bonds is 2. The van der Waals surface area contributed by atoms with Crippen LogP contribution in [0.2, 0.25) is 5.02 Å². The van der Waals surface area contributed by atoms with Gasteiger partial charge in [-0.25, -0.2) is 4.39 Å². The number of carbonyl (C=O) groups is 1. The summed E-state index contributed by atoms with van der Waals surface area (Å²) in [6.45, 7) is 0. The smallest absolute Gasteiger partial charge is 0.256 e. The Hall–Kier alpha value is -1.59. The molecule has 2 aromatic rings. The minimum absolute atomic E-state index is 0.0381. The lowest BCUT2D eigenvalue weighted by atomic mass is 10.2. The van der Waals surface area contributed by atoms with Crippen LogP contribution in [0.3, 0.4) is 0 Å². The molecule has 0 atom stereocenters. The number of hydrogen-bond donors (Lipinski definition) is 2. The molecule has 3 nitrogen and oxygen atoms in total. The second kappa shape index (κ2) is 5.59. The Morgan fingerprint density at radius 1 is 1.32 bits per heavy atom. The molecule has 2 aromatic carbocycles. The summed E-state index contributed by atoms with van der Waals surface area (Å²) in [5, 5.41) is 11.6. The van der Waals surface area contributed by atoms with Gasteiger partial charge in [-0.3, -0.25) is 4.79 Å². The Morgan fingerprint density at radius 3 is 2.68 bits per heavy atom. The van der Waals surface area contributed by atoms with Gasteiger partial charge in [-0.05, 0) is 34.1 Å². The van der Waals surface area contributed by atoms with Crippen LogP contribution in [-0.2, 0) is 0 Å². The summed E-state index contributed by atoms with van der Waals surface area (Å²) in [7, 11) is 0. The molecule has 0 aliphatic rings. The summed E-state index contributed by atoms with van der Waals surface area (Å²) in [6.07, 6.45) is 0. The molecule has 0 saturated carbocycles. The van der Waals surface area contributed by atoms with Crippen molar-refractivity contribution in [1.82, 2.24) is 0 Å². The van der Waals surface area contributed by atoms with Gasteiger partial charge in [-0.15, -0.1) is 0 Å². The minimum Gasteiger partial charge on any atom is -0.506 e. The number of halogens is 3. The number of carbonyl (C=O) groups excluding carboxylic acids is 1. The second-order valence-electron chi connectivity index (χ2n) is 3.72. The van der Waals surface area contributed by atoms with Gasteiger partial charge < -0.3 is 10.4 Å². The van der Waals surface area contributed by atoms with Gasteiger partial charge in [0.15, 0.2) is 5.82 Å². The third kappa shape index (κ3) is 3.05. The summed E-state index contributed by atoms with van der Waals surface area (Å²) >= 11 is 8.90. The predicted octanol–water partition coefficient (Wildman–Crippen LogP) is 4.20. The molecule has 2 rings (SSSR count). The van der Waals surface area contributed by atoms with Gasteiger partial charge in [-0.2, -0.15) is 0 Å². The Bertz CT molecular complexity index is 649. The summed E-state index contributed by atoms with van der Waals surface area (Å²) < 4.78 is 14.2. The molecule has 0 saturated heterocycles. The number of phenolic OH excluding ortho intramolecular Hbond substituents is 1. The highest BCUT2D eigenvalue weighted by Crippen LogP contribution is 2.29. The van der Waals surface area contributed by atoms with Crippen molar-refractivity contribution in [3.05, 3.63) is 57.3 Å². The maximum atomic E-state index is 13.6. The first-order valence-corrected chi connectivity index (χ1v) is 6.40. The largest absolute Gasteiger partial charge is 0.506 e. The predicted molar refractivity (Wildman–Crippen MR) is 75.2 cm³/mol. The number of nitrogens with one attached hydrogen (secondary N) is 1. The first-order valence-electron chi connectivity index (χ1n) is 5.23. The van der Waals surface area contributed by atoms with Crippen molar-refractivity contribution in [1.29, 1.82) is 0 Å². The van der Waals surface area contributed by atoms with Crippen molar-refractivity contribution in [3.8, 4) is 5.75 Å². The van der Waals surface area contributed by atoms with Crippen LogP contribution in [-0.4, -0.2) is 11.0 Å². The van der Waals surface area contributed by atoms with Crippen LogP contribution >= 0.6 is 27.5 Å². The van der Waals surface area contributed by atoms with Crippen LogP contribution < -0.4 is 5.32 Å². The quantitative estimate of drug-likeness (QED) is 0.802. The van der Waals surface area contributed by atoms with Crippen LogP contribution in [0.5, 0.6) is 5.75 Å². The van der Waals surface area contributed by atoms with E-state index in [9.17, 15) is 14.3 Å². The van der Waals surface area contributed by atoms with Crippen LogP contribution in [0.15, 0.2) is 40.9 Å². The Labute approximate surface area is 122 Å². The second-order valence-corrected chi connectivity index (χ2v) is 4.98. The van der Waals surface area contributed by atoms with Gasteiger partial charge in [0, 0.05) is 10.5 Å². The Kier molecular flexibility index (Phi) is 4.07. The van der Waals surface area contributed by atoms with E-state index in [4.69, 9.17) is 11.6 Å². The lowest BCUT2D eigenvalue weighted by molar-refractivity contribution is 0.102. The molecule has 0 unspecified atom stereocenters. The minimum atomic E-state index is -0.762. The topological polar surface area (TPSA) is 49.3 Å². The van der Waals surface area contributed by atoms with Crippen molar-refractivity contribution in [2.75, 3.05) is 5.32 Å². The molecular weight excluding hydrogens is 337 g/mol. The fourth-order valence-corrected chi connectivity index (χ4v) is 2.10. The molecule has 0 heterocycles. The van der Waals surface area contributed by atoms with E-state index in [0.717, 1.165) is 12.1 Å². The first-order chi connectivity index (χ1) is 8.99. The van der Waals surface area contributed by atoms with E-state index in [1.807, 2.05) is 0 Å². The Morgan fingerprint density at radius 2 is 2.00 bits per heavy atom. The van der Waals surface area contributed by atoms with E-state index >= 15 is 0 Å². The van der Waals surface area contributed by atoms with Crippen molar-refractivity contribution in [3.63, 3.8) is 0 Å². The molecule has 98 valence electrons. The molecule has 0 bridgehead atoms. The van der Waals surface area contributed by atoms with E-state index in [-0.39, 0.29) is 16.5 Å². The molecule has 0 aliphatic heterocycles. The van der Waals surface area contributed by atoms with E-state index in [2.05, 4.69) is 21.2 Å². The standard InChI is InChI=1S/C13H8BrClFNO2/c14-8-4-2-1-3-7(8)13(19)17-11-5-9(15)12(18)6-10(11)16/h1-6,18H,(H,17,19). The highest BCUT2D eigenvalue weighted by molar-refractivity contribution is 9.10. The Balaban J connectivity index is 2.30.